The van der Waals surface area contributed by atoms with Gasteiger partial charge in [-0.15, -0.1) is 0 Å². The maximum Gasteiger partial charge on any atom is 0.358 e. The van der Waals surface area contributed by atoms with Crippen molar-refractivity contribution in [3.63, 3.8) is 0 Å². The van der Waals surface area contributed by atoms with Crippen LogP contribution in [0.1, 0.15) is 38.2 Å². The average Bonchev–Trinajstić information content (AvgIpc) is 3.09. The van der Waals surface area contributed by atoms with Gasteiger partial charge in [-0.05, 0) is 11.1 Å². The number of Topliss-reactive ketones (excluding diaryl/α,β-unsaturated/α-hetero) is 1. The molecule has 0 saturated carbocycles. The molecule has 1 aromatic heterocycles. The van der Waals surface area contributed by atoms with Gasteiger partial charge in [-0.2, -0.15) is 0 Å². The number of carbonyl (C=O) groups is 2. The zero-order valence-corrected chi connectivity index (χ0v) is 12.6. The number of methoxy groups -OCH3 is 1. The van der Waals surface area contributed by atoms with Gasteiger partial charge < -0.3 is 9.64 Å². The molecular formula is C15H14N2O3S. The summed E-state index contributed by atoms with van der Waals surface area (Å²) in [6.45, 7) is 2.91. The second kappa shape index (κ2) is 5.29. The van der Waals surface area contributed by atoms with Gasteiger partial charge >= 0.3 is 5.97 Å². The molecule has 0 N–H and O–H groups in total. The minimum Gasteiger partial charge on any atom is -0.464 e. The van der Waals surface area contributed by atoms with Crippen LogP contribution in [0.5, 0.6) is 0 Å². The summed E-state index contributed by atoms with van der Waals surface area (Å²) in [6.07, 6.45) is 0. The monoisotopic (exact) mass is 302 g/mol. The van der Waals surface area contributed by atoms with Crippen LogP contribution in [0.15, 0.2) is 24.3 Å². The van der Waals surface area contributed by atoms with Crippen molar-refractivity contribution in [2.45, 2.75) is 20.0 Å². The lowest BCUT2D eigenvalue weighted by atomic mass is 10.1. The van der Waals surface area contributed by atoms with E-state index in [0.717, 1.165) is 13.1 Å². The molecular weight excluding hydrogens is 288 g/mol. The molecule has 0 unspecified atom stereocenters. The molecule has 0 radical (unpaired) electrons. The second-order valence-corrected chi connectivity index (χ2v) is 5.82. The Morgan fingerprint density at radius 3 is 2.38 bits per heavy atom. The Bertz CT molecular complexity index is 698. The van der Waals surface area contributed by atoms with Gasteiger partial charge in [0.05, 0.1) is 7.11 Å². The Morgan fingerprint density at radius 2 is 1.86 bits per heavy atom. The highest BCUT2D eigenvalue weighted by molar-refractivity contribution is 7.17. The molecule has 0 saturated heterocycles. The Morgan fingerprint density at radius 1 is 1.24 bits per heavy atom. The van der Waals surface area contributed by atoms with Crippen molar-refractivity contribution in [2.24, 2.45) is 0 Å². The third-order valence-electron chi connectivity index (χ3n) is 3.43. The Hall–Kier alpha value is -2.21. The number of rotatable bonds is 3. The fourth-order valence-electron chi connectivity index (χ4n) is 2.39. The minimum atomic E-state index is -0.570. The predicted octanol–water partition coefficient (Wildman–Crippen LogP) is 2.65. The molecule has 0 aliphatic carbocycles. The zero-order chi connectivity index (χ0) is 15.0. The Kier molecular flexibility index (Phi) is 3.47. The van der Waals surface area contributed by atoms with Crippen LogP contribution in [-0.4, -0.2) is 23.8 Å². The Balaban J connectivity index is 1.94. The first-order valence-corrected chi connectivity index (χ1v) is 7.33. The van der Waals surface area contributed by atoms with E-state index in [2.05, 4.69) is 22.0 Å². The summed E-state index contributed by atoms with van der Waals surface area (Å²) < 4.78 is 4.70. The first-order valence-electron chi connectivity index (χ1n) is 6.52. The van der Waals surface area contributed by atoms with E-state index in [1.807, 2.05) is 12.1 Å². The van der Waals surface area contributed by atoms with Gasteiger partial charge in [-0.1, -0.05) is 35.6 Å². The molecule has 1 aromatic carbocycles. The van der Waals surface area contributed by atoms with E-state index in [1.165, 1.54) is 36.5 Å². The normalized spacial score (nSPS) is 13.1. The molecule has 0 fully saturated rings. The topological polar surface area (TPSA) is 59.5 Å². The summed E-state index contributed by atoms with van der Waals surface area (Å²) >= 11 is 1.24. The summed E-state index contributed by atoms with van der Waals surface area (Å²) in [5.74, 6) is -0.740. The number of carbonyl (C=O) groups excluding carboxylic acids is 2. The molecule has 0 spiro atoms. The lowest BCUT2D eigenvalue weighted by Gasteiger charge is -2.12. The molecule has 0 amide bonds. The van der Waals surface area contributed by atoms with Gasteiger partial charge in [0.2, 0.25) is 0 Å². The molecule has 2 aromatic rings. The molecule has 1 aliphatic heterocycles. The van der Waals surface area contributed by atoms with E-state index in [-0.39, 0.29) is 11.5 Å². The van der Waals surface area contributed by atoms with Gasteiger partial charge in [0.25, 0.3) is 0 Å². The number of esters is 1. The molecule has 1 aliphatic rings. The van der Waals surface area contributed by atoms with E-state index in [4.69, 9.17) is 4.74 Å². The third-order valence-corrected chi connectivity index (χ3v) is 4.64. The fourth-order valence-corrected chi connectivity index (χ4v) is 3.33. The molecule has 2 heterocycles. The molecule has 5 nitrogen and oxygen atoms in total. The summed E-state index contributed by atoms with van der Waals surface area (Å²) in [6, 6.07) is 8.17. The van der Waals surface area contributed by atoms with E-state index in [0.29, 0.717) is 10.0 Å². The van der Waals surface area contributed by atoms with Crippen molar-refractivity contribution in [1.29, 1.82) is 0 Å². The molecule has 6 heteroatoms. The summed E-state index contributed by atoms with van der Waals surface area (Å²) in [5, 5.41) is 0.678. The van der Waals surface area contributed by atoms with Crippen LogP contribution < -0.4 is 4.90 Å². The van der Waals surface area contributed by atoms with Crippen LogP contribution in [0.3, 0.4) is 0 Å². The number of hydrogen-bond acceptors (Lipinski definition) is 6. The maximum atomic E-state index is 11.7. The van der Waals surface area contributed by atoms with Crippen LogP contribution >= 0.6 is 11.3 Å². The number of thiazole rings is 1. The van der Waals surface area contributed by atoms with Crippen LogP contribution in [-0.2, 0) is 17.8 Å². The number of hydrogen-bond donors (Lipinski definition) is 0. The van der Waals surface area contributed by atoms with Crippen molar-refractivity contribution in [3.8, 4) is 0 Å². The second-order valence-electron chi connectivity index (χ2n) is 4.85. The number of aromatic nitrogens is 1. The molecule has 3 rings (SSSR count). The van der Waals surface area contributed by atoms with Gasteiger partial charge in [-0.25, -0.2) is 9.78 Å². The van der Waals surface area contributed by atoms with E-state index >= 15 is 0 Å². The van der Waals surface area contributed by atoms with Crippen LogP contribution in [0.4, 0.5) is 5.13 Å². The molecule has 108 valence electrons. The minimum absolute atomic E-state index is 0.112. The molecule has 0 atom stereocenters. The van der Waals surface area contributed by atoms with Crippen molar-refractivity contribution in [3.05, 3.63) is 46.0 Å². The SMILES string of the molecule is COC(=O)c1nc(N2Cc3ccccc3C2)sc1C(C)=O. The van der Waals surface area contributed by atoms with Gasteiger partial charge in [0.15, 0.2) is 16.6 Å². The smallest absolute Gasteiger partial charge is 0.358 e. The molecule has 21 heavy (non-hydrogen) atoms. The van der Waals surface area contributed by atoms with Gasteiger partial charge in [-0.3, -0.25) is 4.79 Å². The lowest BCUT2D eigenvalue weighted by Crippen LogP contribution is -2.14. The largest absolute Gasteiger partial charge is 0.464 e. The maximum absolute atomic E-state index is 11.7. The number of benzene rings is 1. The van der Waals surface area contributed by atoms with E-state index in [1.54, 1.807) is 0 Å². The first-order chi connectivity index (χ1) is 10.1. The summed E-state index contributed by atoms with van der Waals surface area (Å²) in [5.41, 5.74) is 2.61. The highest BCUT2D eigenvalue weighted by atomic mass is 32.1. The van der Waals surface area contributed by atoms with E-state index < -0.39 is 5.97 Å². The van der Waals surface area contributed by atoms with Crippen molar-refractivity contribution < 1.29 is 14.3 Å². The number of fused-ring (bicyclic) bond motifs is 1. The van der Waals surface area contributed by atoms with Crippen molar-refractivity contribution in [2.75, 3.05) is 12.0 Å². The summed E-state index contributed by atoms with van der Waals surface area (Å²) in [4.78, 5) is 30.1. The first kappa shape index (κ1) is 13.8. The highest BCUT2D eigenvalue weighted by Crippen LogP contribution is 2.33. The number of anilines is 1. The number of ether oxygens (including phenoxy) is 1. The van der Waals surface area contributed by atoms with Crippen molar-refractivity contribution >= 4 is 28.2 Å². The van der Waals surface area contributed by atoms with Gasteiger partial charge in [0.1, 0.15) is 4.88 Å². The highest BCUT2D eigenvalue weighted by Gasteiger charge is 2.27. The fraction of sp³-hybridized carbons (Fsp3) is 0.267. The number of ketones is 1. The van der Waals surface area contributed by atoms with Crippen molar-refractivity contribution in [1.82, 2.24) is 4.98 Å². The predicted molar refractivity (Wildman–Crippen MR) is 79.8 cm³/mol. The third kappa shape index (κ3) is 2.42. The van der Waals surface area contributed by atoms with Crippen LogP contribution in [0.2, 0.25) is 0 Å². The lowest BCUT2D eigenvalue weighted by molar-refractivity contribution is 0.0591. The van der Waals surface area contributed by atoms with Crippen LogP contribution in [0.25, 0.3) is 0 Å². The quantitative estimate of drug-likeness (QED) is 0.644. The van der Waals surface area contributed by atoms with Crippen LogP contribution in [0, 0.1) is 0 Å². The summed E-state index contributed by atoms with van der Waals surface area (Å²) in [7, 11) is 1.29. The zero-order valence-electron chi connectivity index (χ0n) is 11.8. The number of nitrogens with zero attached hydrogens (tertiary/aromatic N) is 2. The average molecular weight is 302 g/mol. The molecule has 0 bridgehead atoms. The standard InChI is InChI=1S/C15H14N2O3S/c1-9(18)13-12(14(19)20-2)16-15(21-13)17-7-10-5-3-4-6-11(10)8-17/h3-6H,7-8H2,1-2H3. The van der Waals surface area contributed by atoms with Gasteiger partial charge in [0, 0.05) is 20.0 Å². The Labute approximate surface area is 126 Å². The van der Waals surface area contributed by atoms with E-state index in [9.17, 15) is 9.59 Å².